The highest BCUT2D eigenvalue weighted by atomic mass is 35.5. The van der Waals surface area contributed by atoms with Gasteiger partial charge in [-0.05, 0) is 20.3 Å². The summed E-state index contributed by atoms with van der Waals surface area (Å²) in [5.41, 5.74) is -0.851. The van der Waals surface area contributed by atoms with Gasteiger partial charge in [0.2, 0.25) is 0 Å². The topological polar surface area (TPSA) is 65.2 Å². The SMILES string of the molecule is CCCc1noc(C(C)OC(=O)C2(C)CC2(Cl)Cl)n1. The molecule has 1 heterocycles. The molecule has 0 bridgehead atoms. The summed E-state index contributed by atoms with van der Waals surface area (Å²) < 4.78 is 9.31. The number of hydrogen-bond acceptors (Lipinski definition) is 5. The Labute approximate surface area is 121 Å². The van der Waals surface area contributed by atoms with Crippen LogP contribution in [-0.2, 0) is 16.0 Å². The summed E-state index contributed by atoms with van der Waals surface area (Å²) in [6.07, 6.45) is 1.44. The van der Waals surface area contributed by atoms with E-state index in [1.54, 1.807) is 13.8 Å². The molecule has 1 saturated carbocycles. The van der Waals surface area contributed by atoms with Crippen molar-refractivity contribution >= 4 is 29.2 Å². The first-order valence-electron chi connectivity index (χ1n) is 6.21. The van der Waals surface area contributed by atoms with E-state index in [4.69, 9.17) is 32.5 Å². The quantitative estimate of drug-likeness (QED) is 0.617. The molecule has 2 unspecified atom stereocenters. The van der Waals surface area contributed by atoms with Gasteiger partial charge >= 0.3 is 5.97 Å². The molecule has 0 aliphatic heterocycles. The van der Waals surface area contributed by atoms with Crippen LogP contribution in [0.1, 0.15) is 51.4 Å². The summed E-state index contributed by atoms with van der Waals surface area (Å²) in [5, 5.41) is 3.81. The van der Waals surface area contributed by atoms with Gasteiger partial charge in [0.25, 0.3) is 5.89 Å². The third-order valence-corrected chi connectivity index (χ3v) is 4.40. The number of halogens is 2. The number of nitrogens with zero attached hydrogens (tertiary/aromatic N) is 2. The molecule has 19 heavy (non-hydrogen) atoms. The lowest BCUT2D eigenvalue weighted by Gasteiger charge is -2.14. The summed E-state index contributed by atoms with van der Waals surface area (Å²) in [4.78, 5) is 16.1. The van der Waals surface area contributed by atoms with E-state index in [9.17, 15) is 4.79 Å². The van der Waals surface area contributed by atoms with Crippen molar-refractivity contribution < 1.29 is 14.1 Å². The molecular weight excluding hydrogens is 291 g/mol. The Kier molecular flexibility index (Phi) is 3.80. The average Bonchev–Trinajstić information content (AvgIpc) is 2.70. The van der Waals surface area contributed by atoms with Crippen molar-refractivity contribution in [2.75, 3.05) is 0 Å². The molecular formula is C12H16Cl2N2O3. The minimum Gasteiger partial charge on any atom is -0.452 e. The Morgan fingerprint density at radius 2 is 2.21 bits per heavy atom. The van der Waals surface area contributed by atoms with Gasteiger partial charge in [-0.1, -0.05) is 12.1 Å². The molecule has 0 saturated heterocycles. The highest BCUT2D eigenvalue weighted by molar-refractivity contribution is 6.53. The lowest BCUT2D eigenvalue weighted by Crippen LogP contribution is -2.22. The largest absolute Gasteiger partial charge is 0.452 e. The van der Waals surface area contributed by atoms with E-state index >= 15 is 0 Å². The van der Waals surface area contributed by atoms with Gasteiger partial charge < -0.3 is 9.26 Å². The fourth-order valence-corrected chi connectivity index (χ4v) is 2.41. The molecule has 2 rings (SSSR count). The molecule has 0 N–H and O–H groups in total. The maximum absolute atomic E-state index is 12.0. The zero-order valence-corrected chi connectivity index (χ0v) is 12.6. The van der Waals surface area contributed by atoms with Crippen molar-refractivity contribution in [3.63, 3.8) is 0 Å². The molecule has 1 aromatic heterocycles. The molecule has 106 valence electrons. The van der Waals surface area contributed by atoms with E-state index in [0.717, 1.165) is 12.8 Å². The van der Waals surface area contributed by atoms with Gasteiger partial charge in [0, 0.05) is 12.8 Å². The monoisotopic (exact) mass is 306 g/mol. The van der Waals surface area contributed by atoms with Crippen molar-refractivity contribution in [2.45, 2.75) is 50.5 Å². The van der Waals surface area contributed by atoms with Crippen LogP contribution >= 0.6 is 23.2 Å². The molecule has 1 fully saturated rings. The summed E-state index contributed by atoms with van der Waals surface area (Å²) in [5.74, 6) is 0.457. The summed E-state index contributed by atoms with van der Waals surface area (Å²) >= 11 is 11.9. The minimum atomic E-state index is -1.04. The number of ether oxygens (including phenoxy) is 1. The van der Waals surface area contributed by atoms with Gasteiger partial charge in [0.15, 0.2) is 11.9 Å². The summed E-state index contributed by atoms with van der Waals surface area (Å²) in [7, 11) is 0. The van der Waals surface area contributed by atoms with E-state index in [-0.39, 0.29) is 5.89 Å². The highest BCUT2D eigenvalue weighted by Gasteiger charge is 2.69. The van der Waals surface area contributed by atoms with Crippen LogP contribution in [0.3, 0.4) is 0 Å². The Hall–Kier alpha value is -0.810. The first kappa shape index (κ1) is 14.6. The van der Waals surface area contributed by atoms with Crippen LogP contribution < -0.4 is 0 Å². The van der Waals surface area contributed by atoms with Crippen molar-refractivity contribution in [3.05, 3.63) is 11.7 Å². The number of aromatic nitrogens is 2. The fourth-order valence-electron chi connectivity index (χ4n) is 1.72. The number of aryl methyl sites for hydroxylation is 1. The molecule has 2 atom stereocenters. The summed E-state index contributed by atoms with van der Waals surface area (Å²) in [6, 6.07) is 0. The molecule has 7 heteroatoms. The molecule has 1 aliphatic carbocycles. The lowest BCUT2D eigenvalue weighted by atomic mass is 10.1. The number of alkyl halides is 2. The number of carbonyl (C=O) groups is 1. The lowest BCUT2D eigenvalue weighted by molar-refractivity contribution is -0.155. The number of rotatable bonds is 5. The van der Waals surface area contributed by atoms with Crippen LogP contribution in [0, 0.1) is 5.41 Å². The molecule has 0 amide bonds. The first-order valence-corrected chi connectivity index (χ1v) is 6.97. The molecule has 0 aromatic carbocycles. The van der Waals surface area contributed by atoms with Gasteiger partial charge in [-0.3, -0.25) is 4.79 Å². The second-order valence-corrected chi connectivity index (χ2v) is 6.54. The van der Waals surface area contributed by atoms with Crippen molar-refractivity contribution in [2.24, 2.45) is 5.41 Å². The van der Waals surface area contributed by atoms with Gasteiger partial charge in [-0.25, -0.2) is 0 Å². The van der Waals surface area contributed by atoms with Crippen LogP contribution in [0.5, 0.6) is 0 Å². The second kappa shape index (κ2) is 4.94. The third kappa shape index (κ3) is 2.72. The van der Waals surface area contributed by atoms with Gasteiger partial charge in [0.1, 0.15) is 9.75 Å². The molecule has 1 aliphatic rings. The van der Waals surface area contributed by atoms with Crippen LogP contribution in [0.4, 0.5) is 0 Å². The zero-order chi connectivity index (χ0) is 14.3. The van der Waals surface area contributed by atoms with E-state index in [1.807, 2.05) is 6.92 Å². The van der Waals surface area contributed by atoms with Crippen molar-refractivity contribution in [1.29, 1.82) is 0 Å². The van der Waals surface area contributed by atoms with Gasteiger partial charge in [-0.15, -0.1) is 23.2 Å². The third-order valence-electron chi connectivity index (χ3n) is 3.30. The zero-order valence-electron chi connectivity index (χ0n) is 11.1. The number of carbonyl (C=O) groups excluding carboxylic acids is 1. The molecule has 0 radical (unpaired) electrons. The minimum absolute atomic E-state index is 0.288. The van der Waals surface area contributed by atoms with Crippen molar-refractivity contribution in [3.8, 4) is 0 Å². The van der Waals surface area contributed by atoms with Crippen LogP contribution in [-0.4, -0.2) is 20.4 Å². The predicted octanol–water partition coefficient (Wildman–Crippen LogP) is 3.21. The second-order valence-electron chi connectivity index (χ2n) is 5.06. The Morgan fingerprint density at radius 3 is 2.74 bits per heavy atom. The average molecular weight is 307 g/mol. The highest BCUT2D eigenvalue weighted by Crippen LogP contribution is 2.64. The van der Waals surface area contributed by atoms with Gasteiger partial charge in [-0.2, -0.15) is 4.98 Å². The molecule has 5 nitrogen and oxygen atoms in total. The normalized spacial score (nSPS) is 25.9. The van der Waals surface area contributed by atoms with Gasteiger partial charge in [0.05, 0.1) is 0 Å². The van der Waals surface area contributed by atoms with Crippen molar-refractivity contribution in [1.82, 2.24) is 10.1 Å². The predicted molar refractivity (Wildman–Crippen MR) is 70.0 cm³/mol. The Morgan fingerprint density at radius 1 is 1.58 bits per heavy atom. The van der Waals surface area contributed by atoms with E-state index < -0.39 is 21.8 Å². The standard InChI is InChI=1S/C12H16Cl2N2O3/c1-4-5-8-15-9(19-16-8)7(2)18-10(17)11(3)6-12(11,13)14/h7H,4-6H2,1-3H3. The van der Waals surface area contributed by atoms with E-state index in [1.165, 1.54) is 0 Å². The number of esters is 1. The Balaban J connectivity index is 1.97. The first-order chi connectivity index (χ1) is 8.80. The Bertz CT molecular complexity index is 489. The maximum Gasteiger partial charge on any atom is 0.315 e. The molecule has 0 spiro atoms. The fraction of sp³-hybridized carbons (Fsp3) is 0.750. The van der Waals surface area contributed by atoms with Crippen LogP contribution in [0.2, 0.25) is 0 Å². The maximum atomic E-state index is 12.0. The van der Waals surface area contributed by atoms with E-state index in [0.29, 0.717) is 12.2 Å². The number of hydrogen-bond donors (Lipinski definition) is 0. The molecule has 1 aromatic rings. The van der Waals surface area contributed by atoms with Crippen LogP contribution in [0.15, 0.2) is 4.52 Å². The van der Waals surface area contributed by atoms with Crippen LogP contribution in [0.25, 0.3) is 0 Å². The van der Waals surface area contributed by atoms with E-state index in [2.05, 4.69) is 10.1 Å². The smallest absolute Gasteiger partial charge is 0.315 e. The summed E-state index contributed by atoms with van der Waals surface area (Å²) in [6.45, 7) is 5.38.